The SMILES string of the molecule is CC.CC1=CC(O)=C(F)CCC1C=O. The number of halogens is 1. The summed E-state index contributed by atoms with van der Waals surface area (Å²) in [4.78, 5) is 10.5. The van der Waals surface area contributed by atoms with Gasteiger partial charge in [0.15, 0.2) is 0 Å². The van der Waals surface area contributed by atoms with Crippen LogP contribution in [-0.4, -0.2) is 11.4 Å². The van der Waals surface area contributed by atoms with Crippen molar-refractivity contribution < 1.29 is 14.3 Å². The Hall–Kier alpha value is -1.12. The molecular weight excluding hydrogens is 183 g/mol. The summed E-state index contributed by atoms with van der Waals surface area (Å²) < 4.78 is 12.8. The average molecular weight is 200 g/mol. The predicted molar refractivity (Wildman–Crippen MR) is 54.7 cm³/mol. The second-order valence-corrected chi connectivity index (χ2v) is 2.96. The molecule has 1 aliphatic carbocycles. The van der Waals surface area contributed by atoms with Crippen LogP contribution in [0.25, 0.3) is 0 Å². The number of hydrogen-bond acceptors (Lipinski definition) is 2. The summed E-state index contributed by atoms with van der Waals surface area (Å²) >= 11 is 0. The summed E-state index contributed by atoms with van der Waals surface area (Å²) in [5, 5.41) is 9.05. The van der Waals surface area contributed by atoms with Crippen molar-refractivity contribution in [2.24, 2.45) is 5.92 Å². The van der Waals surface area contributed by atoms with E-state index in [4.69, 9.17) is 5.11 Å². The van der Waals surface area contributed by atoms with Gasteiger partial charge in [0.05, 0.1) is 0 Å². The lowest BCUT2D eigenvalue weighted by molar-refractivity contribution is -0.110. The van der Waals surface area contributed by atoms with Crippen LogP contribution in [0.5, 0.6) is 0 Å². The molecule has 3 heteroatoms. The molecule has 0 fully saturated rings. The van der Waals surface area contributed by atoms with E-state index in [0.29, 0.717) is 6.42 Å². The molecule has 0 aromatic rings. The van der Waals surface area contributed by atoms with Crippen LogP contribution in [0.1, 0.15) is 33.6 Å². The number of hydrogen-bond donors (Lipinski definition) is 1. The van der Waals surface area contributed by atoms with E-state index in [-0.39, 0.29) is 18.1 Å². The summed E-state index contributed by atoms with van der Waals surface area (Å²) in [5.74, 6) is -1.11. The van der Waals surface area contributed by atoms with Crippen LogP contribution in [0.3, 0.4) is 0 Å². The molecule has 80 valence electrons. The van der Waals surface area contributed by atoms with Crippen LogP contribution in [0.15, 0.2) is 23.2 Å². The monoisotopic (exact) mass is 200 g/mol. The quantitative estimate of drug-likeness (QED) is 0.659. The largest absolute Gasteiger partial charge is 0.505 e. The molecule has 0 spiro atoms. The topological polar surface area (TPSA) is 37.3 Å². The minimum absolute atomic E-state index is 0.142. The van der Waals surface area contributed by atoms with Gasteiger partial charge in [0.1, 0.15) is 17.9 Å². The Morgan fingerprint density at radius 3 is 2.64 bits per heavy atom. The minimum atomic E-state index is -0.529. The highest BCUT2D eigenvalue weighted by atomic mass is 19.1. The number of carbonyl (C=O) groups excluding carboxylic acids is 1. The third-order valence-electron chi connectivity index (χ3n) is 2.07. The summed E-state index contributed by atoms with van der Waals surface area (Å²) in [5.41, 5.74) is 0.718. The van der Waals surface area contributed by atoms with Gasteiger partial charge in [-0.1, -0.05) is 19.4 Å². The zero-order chi connectivity index (χ0) is 11.1. The first-order chi connectivity index (χ1) is 6.65. The first-order valence-electron chi connectivity index (χ1n) is 4.86. The van der Waals surface area contributed by atoms with E-state index in [9.17, 15) is 9.18 Å². The van der Waals surface area contributed by atoms with Gasteiger partial charge < -0.3 is 9.90 Å². The van der Waals surface area contributed by atoms with Crippen molar-refractivity contribution in [1.82, 2.24) is 0 Å². The van der Waals surface area contributed by atoms with Crippen molar-refractivity contribution in [3.63, 3.8) is 0 Å². The Kier molecular flexibility index (Phi) is 5.84. The van der Waals surface area contributed by atoms with E-state index >= 15 is 0 Å². The molecule has 0 heterocycles. The Labute approximate surface area is 84.1 Å². The highest BCUT2D eigenvalue weighted by Crippen LogP contribution is 2.25. The first kappa shape index (κ1) is 12.9. The average Bonchev–Trinajstić information content (AvgIpc) is 2.31. The lowest BCUT2D eigenvalue weighted by Gasteiger charge is -2.05. The van der Waals surface area contributed by atoms with E-state index in [2.05, 4.69) is 0 Å². The number of aliphatic hydroxyl groups excluding tert-OH is 1. The third kappa shape index (κ3) is 3.32. The first-order valence-corrected chi connectivity index (χ1v) is 4.86. The number of allylic oxidation sites excluding steroid dienone is 3. The fraction of sp³-hybridized carbons (Fsp3) is 0.545. The van der Waals surface area contributed by atoms with E-state index in [1.54, 1.807) is 6.92 Å². The van der Waals surface area contributed by atoms with Gasteiger partial charge in [-0.3, -0.25) is 0 Å². The Morgan fingerprint density at radius 1 is 1.57 bits per heavy atom. The molecule has 14 heavy (non-hydrogen) atoms. The molecule has 0 radical (unpaired) electrons. The van der Waals surface area contributed by atoms with E-state index in [1.165, 1.54) is 6.08 Å². The third-order valence-corrected chi connectivity index (χ3v) is 2.07. The number of aliphatic hydroxyl groups is 1. The molecule has 0 amide bonds. The standard InChI is InChI=1S/C9H11FO2.C2H6/c1-6-4-9(12)8(10)3-2-7(6)5-11;1-2/h4-5,7,12H,2-3H2,1H3;1-2H3. The molecule has 0 aliphatic heterocycles. The van der Waals surface area contributed by atoms with Crippen LogP contribution in [-0.2, 0) is 4.79 Å². The van der Waals surface area contributed by atoms with Gasteiger partial charge in [0.2, 0.25) is 0 Å². The summed E-state index contributed by atoms with van der Waals surface area (Å²) in [6.07, 6.45) is 2.70. The Balaban J connectivity index is 0.000000791. The van der Waals surface area contributed by atoms with Crippen LogP contribution in [0.2, 0.25) is 0 Å². The maximum Gasteiger partial charge on any atom is 0.146 e. The van der Waals surface area contributed by atoms with E-state index < -0.39 is 5.83 Å². The van der Waals surface area contributed by atoms with Gasteiger partial charge in [-0.25, -0.2) is 4.39 Å². The zero-order valence-corrected chi connectivity index (χ0v) is 8.88. The highest BCUT2D eigenvalue weighted by Gasteiger charge is 2.16. The molecule has 1 aliphatic rings. The fourth-order valence-electron chi connectivity index (χ4n) is 1.21. The number of rotatable bonds is 1. The molecule has 0 aromatic carbocycles. The van der Waals surface area contributed by atoms with Crippen molar-refractivity contribution in [2.75, 3.05) is 0 Å². The molecule has 0 saturated carbocycles. The molecular formula is C11H17FO2. The smallest absolute Gasteiger partial charge is 0.146 e. The maximum atomic E-state index is 12.8. The molecule has 1 rings (SSSR count). The molecule has 0 aromatic heterocycles. The lowest BCUT2D eigenvalue weighted by atomic mass is 9.98. The van der Waals surface area contributed by atoms with Crippen molar-refractivity contribution in [2.45, 2.75) is 33.6 Å². The van der Waals surface area contributed by atoms with Crippen molar-refractivity contribution in [3.05, 3.63) is 23.2 Å². The van der Waals surface area contributed by atoms with Gasteiger partial charge in [-0.2, -0.15) is 0 Å². The van der Waals surface area contributed by atoms with Gasteiger partial charge in [0.25, 0.3) is 0 Å². The van der Waals surface area contributed by atoms with Crippen LogP contribution in [0.4, 0.5) is 4.39 Å². The molecule has 2 nitrogen and oxygen atoms in total. The molecule has 0 bridgehead atoms. The second-order valence-electron chi connectivity index (χ2n) is 2.96. The zero-order valence-electron chi connectivity index (χ0n) is 8.88. The molecule has 1 unspecified atom stereocenters. The van der Waals surface area contributed by atoms with Crippen LogP contribution >= 0.6 is 0 Å². The number of carbonyl (C=O) groups is 1. The van der Waals surface area contributed by atoms with Crippen molar-refractivity contribution >= 4 is 6.29 Å². The molecule has 1 N–H and O–H groups in total. The summed E-state index contributed by atoms with van der Waals surface area (Å²) in [6, 6.07) is 0. The Bertz CT molecular complexity index is 254. The van der Waals surface area contributed by atoms with Gasteiger partial charge in [0, 0.05) is 12.3 Å². The van der Waals surface area contributed by atoms with Gasteiger partial charge in [-0.15, -0.1) is 0 Å². The molecule has 0 saturated heterocycles. The Morgan fingerprint density at radius 2 is 2.14 bits per heavy atom. The van der Waals surface area contributed by atoms with Gasteiger partial charge >= 0.3 is 0 Å². The summed E-state index contributed by atoms with van der Waals surface area (Å²) in [6.45, 7) is 5.72. The van der Waals surface area contributed by atoms with Gasteiger partial charge in [-0.05, 0) is 19.4 Å². The van der Waals surface area contributed by atoms with E-state index in [0.717, 1.165) is 11.9 Å². The lowest BCUT2D eigenvalue weighted by Crippen LogP contribution is -2.01. The maximum absolute atomic E-state index is 12.8. The van der Waals surface area contributed by atoms with E-state index in [1.807, 2.05) is 13.8 Å². The minimum Gasteiger partial charge on any atom is -0.505 e. The second kappa shape index (κ2) is 6.35. The van der Waals surface area contributed by atoms with Crippen molar-refractivity contribution in [1.29, 1.82) is 0 Å². The molecule has 1 atom stereocenters. The normalized spacial score (nSPS) is 21.7. The predicted octanol–water partition coefficient (Wildman–Crippen LogP) is 3.31. The number of aldehydes is 1. The summed E-state index contributed by atoms with van der Waals surface area (Å²) in [7, 11) is 0. The van der Waals surface area contributed by atoms with Crippen LogP contribution in [0, 0.1) is 5.92 Å². The van der Waals surface area contributed by atoms with Crippen molar-refractivity contribution in [3.8, 4) is 0 Å². The van der Waals surface area contributed by atoms with Crippen LogP contribution < -0.4 is 0 Å². The highest BCUT2D eigenvalue weighted by molar-refractivity contribution is 5.59. The fourth-order valence-corrected chi connectivity index (χ4v) is 1.21.